The van der Waals surface area contributed by atoms with Gasteiger partial charge >= 0.3 is 5.97 Å². The van der Waals surface area contributed by atoms with Gasteiger partial charge in [-0.05, 0) is 19.1 Å². The van der Waals surface area contributed by atoms with Crippen LogP contribution < -0.4 is 5.73 Å². The molecule has 2 rings (SSSR count). The number of nitrogens with two attached hydrogens (primary N) is 1. The van der Waals surface area contributed by atoms with Crippen LogP contribution >= 0.6 is 0 Å². The maximum atomic E-state index is 11.4. The van der Waals surface area contributed by atoms with Crippen molar-refractivity contribution in [1.82, 2.24) is 4.98 Å². The van der Waals surface area contributed by atoms with Crippen molar-refractivity contribution in [2.24, 2.45) is 5.73 Å². The minimum atomic E-state index is -0.382. The Morgan fingerprint density at radius 2 is 2.38 bits per heavy atom. The van der Waals surface area contributed by atoms with E-state index >= 15 is 0 Å². The summed E-state index contributed by atoms with van der Waals surface area (Å²) in [5.74, 6) is 0.260. The lowest BCUT2D eigenvalue weighted by molar-refractivity contribution is 0.0526. The number of pyridine rings is 1. The molecule has 2 N–H and O–H groups in total. The quantitative estimate of drug-likeness (QED) is 0.792. The van der Waals surface area contributed by atoms with E-state index in [1.807, 2.05) is 0 Å². The molecule has 0 amide bonds. The zero-order chi connectivity index (χ0) is 11.5. The molecule has 0 saturated heterocycles. The summed E-state index contributed by atoms with van der Waals surface area (Å²) >= 11 is 0. The SMILES string of the molecule is CCOC(=O)c1cnc2oc(CN)cc2c1. The van der Waals surface area contributed by atoms with Gasteiger partial charge in [0.2, 0.25) is 5.71 Å². The lowest BCUT2D eigenvalue weighted by atomic mass is 10.2. The monoisotopic (exact) mass is 220 g/mol. The van der Waals surface area contributed by atoms with Crippen LogP contribution in [0.5, 0.6) is 0 Å². The van der Waals surface area contributed by atoms with Gasteiger partial charge in [0, 0.05) is 11.6 Å². The Morgan fingerprint density at radius 1 is 1.56 bits per heavy atom. The van der Waals surface area contributed by atoms with Crippen LogP contribution in [0.15, 0.2) is 22.7 Å². The molecular formula is C11H12N2O3. The van der Waals surface area contributed by atoms with Crippen LogP contribution in [0.1, 0.15) is 23.0 Å². The zero-order valence-corrected chi connectivity index (χ0v) is 8.90. The van der Waals surface area contributed by atoms with Crippen LogP contribution in [-0.4, -0.2) is 17.6 Å². The Kier molecular flexibility index (Phi) is 2.87. The van der Waals surface area contributed by atoms with Crippen LogP contribution in [0, 0.1) is 0 Å². The van der Waals surface area contributed by atoms with E-state index in [0.29, 0.717) is 30.2 Å². The number of aromatic nitrogens is 1. The van der Waals surface area contributed by atoms with Gasteiger partial charge in [0.1, 0.15) is 5.76 Å². The summed E-state index contributed by atoms with van der Waals surface area (Å²) in [7, 11) is 0. The molecule has 0 radical (unpaired) electrons. The van der Waals surface area contributed by atoms with Crippen molar-refractivity contribution in [3.63, 3.8) is 0 Å². The third-order valence-corrected chi connectivity index (χ3v) is 2.14. The molecule has 0 atom stereocenters. The molecule has 16 heavy (non-hydrogen) atoms. The second-order valence-corrected chi connectivity index (χ2v) is 3.26. The molecule has 0 aromatic carbocycles. The summed E-state index contributed by atoms with van der Waals surface area (Å²) in [6.45, 7) is 2.41. The largest absolute Gasteiger partial charge is 0.462 e. The fraction of sp³-hybridized carbons (Fsp3) is 0.273. The number of ether oxygens (including phenoxy) is 1. The third-order valence-electron chi connectivity index (χ3n) is 2.14. The number of rotatable bonds is 3. The minimum Gasteiger partial charge on any atom is -0.462 e. The molecule has 0 saturated carbocycles. The summed E-state index contributed by atoms with van der Waals surface area (Å²) < 4.78 is 10.2. The van der Waals surface area contributed by atoms with E-state index in [9.17, 15) is 4.79 Å². The summed E-state index contributed by atoms with van der Waals surface area (Å²) in [6, 6.07) is 3.45. The van der Waals surface area contributed by atoms with E-state index in [1.165, 1.54) is 6.20 Å². The first-order chi connectivity index (χ1) is 7.74. The standard InChI is InChI=1S/C11H12N2O3/c1-2-15-11(14)8-3-7-4-9(5-12)16-10(7)13-6-8/h3-4,6H,2,5,12H2,1H3. The fourth-order valence-corrected chi connectivity index (χ4v) is 1.41. The number of furan rings is 1. The van der Waals surface area contributed by atoms with Gasteiger partial charge < -0.3 is 14.9 Å². The van der Waals surface area contributed by atoms with Crippen LogP contribution in [0.4, 0.5) is 0 Å². The van der Waals surface area contributed by atoms with E-state index in [2.05, 4.69) is 4.98 Å². The molecule has 2 aromatic rings. The first-order valence-electron chi connectivity index (χ1n) is 5.00. The smallest absolute Gasteiger partial charge is 0.339 e. The number of carbonyl (C=O) groups excluding carboxylic acids is 1. The zero-order valence-electron chi connectivity index (χ0n) is 8.90. The molecule has 5 nitrogen and oxygen atoms in total. The predicted molar refractivity (Wildman–Crippen MR) is 57.9 cm³/mol. The predicted octanol–water partition coefficient (Wildman–Crippen LogP) is 1.46. The van der Waals surface area contributed by atoms with E-state index < -0.39 is 0 Å². The van der Waals surface area contributed by atoms with Gasteiger partial charge in [0.25, 0.3) is 0 Å². The highest BCUT2D eigenvalue weighted by Crippen LogP contribution is 2.18. The van der Waals surface area contributed by atoms with Gasteiger partial charge in [-0.15, -0.1) is 0 Å². The summed E-state index contributed by atoms with van der Waals surface area (Å²) in [5, 5.41) is 0.756. The third kappa shape index (κ3) is 1.90. The van der Waals surface area contributed by atoms with Crippen LogP contribution in [0.2, 0.25) is 0 Å². The summed E-state index contributed by atoms with van der Waals surface area (Å²) in [6.07, 6.45) is 1.43. The Morgan fingerprint density at radius 3 is 3.06 bits per heavy atom. The van der Waals surface area contributed by atoms with Gasteiger partial charge in [-0.25, -0.2) is 9.78 Å². The topological polar surface area (TPSA) is 78.3 Å². The number of carbonyl (C=O) groups is 1. The highest BCUT2D eigenvalue weighted by atomic mass is 16.5. The molecule has 84 valence electrons. The Labute approximate surface area is 92.2 Å². The number of nitrogens with zero attached hydrogens (tertiary/aromatic N) is 1. The highest BCUT2D eigenvalue weighted by Gasteiger charge is 2.10. The number of hydrogen-bond donors (Lipinski definition) is 1. The second kappa shape index (κ2) is 4.32. The van der Waals surface area contributed by atoms with Gasteiger partial charge in [-0.3, -0.25) is 0 Å². The average molecular weight is 220 g/mol. The highest BCUT2D eigenvalue weighted by molar-refractivity contribution is 5.92. The lowest BCUT2D eigenvalue weighted by Gasteiger charge is -1.99. The van der Waals surface area contributed by atoms with E-state index in [0.717, 1.165) is 5.39 Å². The van der Waals surface area contributed by atoms with Crippen LogP contribution in [0.3, 0.4) is 0 Å². The first kappa shape index (κ1) is 10.6. The van der Waals surface area contributed by atoms with Crippen molar-refractivity contribution in [3.8, 4) is 0 Å². The average Bonchev–Trinajstić information content (AvgIpc) is 2.70. The molecule has 0 spiro atoms. The number of fused-ring (bicyclic) bond motifs is 1. The van der Waals surface area contributed by atoms with Crippen molar-refractivity contribution in [2.45, 2.75) is 13.5 Å². The molecule has 0 unspecified atom stereocenters. The molecule has 2 heterocycles. The van der Waals surface area contributed by atoms with E-state index in [4.69, 9.17) is 14.9 Å². The van der Waals surface area contributed by atoms with Crippen LogP contribution in [0.25, 0.3) is 11.1 Å². The Bertz CT molecular complexity index is 519. The first-order valence-corrected chi connectivity index (χ1v) is 5.00. The minimum absolute atomic E-state index is 0.311. The Balaban J connectivity index is 2.39. The van der Waals surface area contributed by atoms with Gasteiger partial charge in [-0.2, -0.15) is 0 Å². The van der Waals surface area contributed by atoms with Gasteiger partial charge in [0.05, 0.1) is 18.7 Å². The van der Waals surface area contributed by atoms with Crippen molar-refractivity contribution >= 4 is 17.1 Å². The van der Waals surface area contributed by atoms with Gasteiger partial charge in [-0.1, -0.05) is 0 Å². The second-order valence-electron chi connectivity index (χ2n) is 3.26. The summed E-state index contributed by atoms with van der Waals surface area (Å²) in [4.78, 5) is 15.5. The van der Waals surface area contributed by atoms with Crippen molar-refractivity contribution in [3.05, 3.63) is 29.7 Å². The molecule has 2 aromatic heterocycles. The maximum Gasteiger partial charge on any atom is 0.339 e. The van der Waals surface area contributed by atoms with Crippen LogP contribution in [-0.2, 0) is 11.3 Å². The van der Waals surface area contributed by atoms with E-state index in [-0.39, 0.29) is 5.97 Å². The van der Waals surface area contributed by atoms with Crippen molar-refractivity contribution < 1.29 is 13.9 Å². The Hall–Kier alpha value is -1.88. The fourth-order valence-electron chi connectivity index (χ4n) is 1.41. The molecule has 5 heteroatoms. The van der Waals surface area contributed by atoms with Gasteiger partial charge in [0.15, 0.2) is 0 Å². The molecular weight excluding hydrogens is 208 g/mol. The van der Waals surface area contributed by atoms with Crippen molar-refractivity contribution in [2.75, 3.05) is 6.61 Å². The molecule has 0 aliphatic heterocycles. The van der Waals surface area contributed by atoms with E-state index in [1.54, 1.807) is 19.1 Å². The molecule has 0 fully saturated rings. The van der Waals surface area contributed by atoms with Crippen molar-refractivity contribution in [1.29, 1.82) is 0 Å². The summed E-state index contributed by atoms with van der Waals surface area (Å²) in [5.41, 5.74) is 6.34. The normalized spacial score (nSPS) is 10.6. The number of hydrogen-bond acceptors (Lipinski definition) is 5. The maximum absolute atomic E-state index is 11.4. The molecule has 0 aliphatic rings. The number of esters is 1. The molecule has 0 aliphatic carbocycles. The lowest BCUT2D eigenvalue weighted by Crippen LogP contribution is -2.04. The molecule has 0 bridgehead atoms.